The van der Waals surface area contributed by atoms with Gasteiger partial charge in [-0.1, -0.05) is 12.1 Å². The molecular formula is C16H17FN2O5S. The summed E-state index contributed by atoms with van der Waals surface area (Å²) in [5, 5.41) is 14.0. The summed E-state index contributed by atoms with van der Waals surface area (Å²) in [7, 11) is -2.26. The second-order valence-corrected chi connectivity index (χ2v) is 7.35. The SMILES string of the molecule is COC(CNc1ccc([N+](=O)[O-])c(S(C)(=O)=O)c1)c1ccc(F)cc1. The third-order valence-electron chi connectivity index (χ3n) is 3.57. The largest absolute Gasteiger partial charge is 0.382 e. The smallest absolute Gasteiger partial charge is 0.288 e. The van der Waals surface area contributed by atoms with Crippen molar-refractivity contribution < 1.29 is 22.5 Å². The first-order valence-electron chi connectivity index (χ1n) is 7.23. The van der Waals surface area contributed by atoms with Crippen molar-refractivity contribution in [1.29, 1.82) is 0 Å². The highest BCUT2D eigenvalue weighted by Gasteiger charge is 2.22. The van der Waals surface area contributed by atoms with Crippen molar-refractivity contribution in [3.05, 3.63) is 64.0 Å². The van der Waals surface area contributed by atoms with E-state index in [1.807, 2.05) is 0 Å². The molecule has 1 unspecified atom stereocenters. The van der Waals surface area contributed by atoms with E-state index in [1.165, 1.54) is 31.4 Å². The molecule has 1 atom stereocenters. The van der Waals surface area contributed by atoms with Crippen LogP contribution in [0.2, 0.25) is 0 Å². The average molecular weight is 368 g/mol. The number of halogens is 1. The Hall–Kier alpha value is -2.52. The van der Waals surface area contributed by atoms with Gasteiger partial charge >= 0.3 is 0 Å². The molecule has 2 rings (SSSR count). The second kappa shape index (κ2) is 7.58. The highest BCUT2D eigenvalue weighted by atomic mass is 32.2. The Kier molecular flexibility index (Phi) is 5.70. The lowest BCUT2D eigenvalue weighted by molar-refractivity contribution is -0.387. The molecule has 0 aromatic heterocycles. The number of rotatable bonds is 7. The Morgan fingerprint density at radius 3 is 2.40 bits per heavy atom. The van der Waals surface area contributed by atoms with E-state index in [1.54, 1.807) is 12.1 Å². The van der Waals surface area contributed by atoms with Crippen LogP contribution in [0.25, 0.3) is 0 Å². The fourth-order valence-electron chi connectivity index (χ4n) is 2.30. The van der Waals surface area contributed by atoms with Gasteiger partial charge in [-0.2, -0.15) is 0 Å². The maximum Gasteiger partial charge on any atom is 0.288 e. The topological polar surface area (TPSA) is 98.5 Å². The molecule has 1 N–H and O–H groups in total. The molecule has 0 spiro atoms. The fraction of sp³-hybridized carbons (Fsp3) is 0.250. The molecule has 0 saturated carbocycles. The first kappa shape index (κ1) is 18.8. The van der Waals surface area contributed by atoms with Gasteiger partial charge in [-0.3, -0.25) is 10.1 Å². The van der Waals surface area contributed by atoms with Gasteiger partial charge in [0.1, 0.15) is 10.7 Å². The van der Waals surface area contributed by atoms with Crippen LogP contribution < -0.4 is 5.32 Å². The summed E-state index contributed by atoms with van der Waals surface area (Å²) in [5.74, 6) is -0.361. The zero-order valence-corrected chi connectivity index (χ0v) is 14.4. The minimum Gasteiger partial charge on any atom is -0.382 e. The van der Waals surface area contributed by atoms with Crippen molar-refractivity contribution in [3.63, 3.8) is 0 Å². The summed E-state index contributed by atoms with van der Waals surface area (Å²) < 4.78 is 41.9. The van der Waals surface area contributed by atoms with Crippen molar-refractivity contribution in [2.45, 2.75) is 11.0 Å². The predicted molar refractivity (Wildman–Crippen MR) is 90.8 cm³/mol. The van der Waals surface area contributed by atoms with Crippen LogP contribution in [-0.4, -0.2) is 33.3 Å². The highest BCUT2D eigenvalue weighted by molar-refractivity contribution is 7.90. The molecule has 0 amide bonds. The summed E-state index contributed by atoms with van der Waals surface area (Å²) >= 11 is 0. The Morgan fingerprint density at radius 2 is 1.88 bits per heavy atom. The minimum absolute atomic E-state index is 0.267. The molecule has 0 fully saturated rings. The van der Waals surface area contributed by atoms with Gasteiger partial charge in [-0.15, -0.1) is 0 Å². The molecule has 0 aliphatic carbocycles. The molecule has 0 aliphatic rings. The van der Waals surface area contributed by atoms with E-state index < -0.39 is 26.6 Å². The van der Waals surface area contributed by atoms with Crippen molar-refractivity contribution in [1.82, 2.24) is 0 Å². The highest BCUT2D eigenvalue weighted by Crippen LogP contribution is 2.27. The fourth-order valence-corrected chi connectivity index (χ4v) is 3.16. The van der Waals surface area contributed by atoms with Gasteiger partial charge in [-0.05, 0) is 29.8 Å². The van der Waals surface area contributed by atoms with Gasteiger partial charge in [-0.25, -0.2) is 12.8 Å². The van der Waals surface area contributed by atoms with Crippen molar-refractivity contribution in [2.75, 3.05) is 25.2 Å². The van der Waals surface area contributed by atoms with E-state index >= 15 is 0 Å². The molecule has 9 heteroatoms. The number of nitrogens with zero attached hydrogens (tertiary/aromatic N) is 1. The van der Waals surface area contributed by atoms with Gasteiger partial charge in [0, 0.05) is 31.7 Å². The summed E-state index contributed by atoms with van der Waals surface area (Å²) in [5.41, 5.74) is 0.659. The summed E-state index contributed by atoms with van der Waals surface area (Å²) in [6, 6.07) is 9.57. The van der Waals surface area contributed by atoms with Crippen LogP contribution in [0.4, 0.5) is 15.8 Å². The zero-order chi connectivity index (χ0) is 18.6. The van der Waals surface area contributed by atoms with E-state index in [0.29, 0.717) is 5.69 Å². The maximum atomic E-state index is 13.0. The molecule has 2 aromatic carbocycles. The van der Waals surface area contributed by atoms with Crippen molar-refractivity contribution in [3.8, 4) is 0 Å². The lowest BCUT2D eigenvalue weighted by Crippen LogP contribution is -2.15. The van der Waals surface area contributed by atoms with Crippen LogP contribution in [0, 0.1) is 15.9 Å². The molecule has 2 aromatic rings. The third-order valence-corrected chi connectivity index (χ3v) is 4.70. The monoisotopic (exact) mass is 368 g/mol. The summed E-state index contributed by atoms with van der Waals surface area (Å²) in [4.78, 5) is 9.87. The molecule has 0 saturated heterocycles. The van der Waals surface area contributed by atoms with E-state index in [4.69, 9.17) is 4.74 Å². The van der Waals surface area contributed by atoms with Crippen molar-refractivity contribution >= 4 is 21.2 Å². The number of hydrogen-bond donors (Lipinski definition) is 1. The number of nitro groups is 1. The van der Waals surface area contributed by atoms with Crippen LogP contribution in [-0.2, 0) is 14.6 Å². The van der Waals surface area contributed by atoms with Crippen LogP contribution >= 0.6 is 0 Å². The Balaban J connectivity index is 2.22. The minimum atomic E-state index is -3.76. The number of benzene rings is 2. The lowest BCUT2D eigenvalue weighted by atomic mass is 10.1. The van der Waals surface area contributed by atoms with E-state index in [0.717, 1.165) is 17.9 Å². The Morgan fingerprint density at radius 1 is 1.24 bits per heavy atom. The normalized spacial score (nSPS) is 12.6. The van der Waals surface area contributed by atoms with Gasteiger partial charge in [0.15, 0.2) is 9.84 Å². The number of sulfone groups is 1. The third kappa shape index (κ3) is 4.74. The second-order valence-electron chi connectivity index (χ2n) is 5.37. The van der Waals surface area contributed by atoms with Crippen LogP contribution in [0.1, 0.15) is 11.7 Å². The number of ether oxygens (including phenoxy) is 1. The molecule has 0 radical (unpaired) electrons. The molecule has 7 nitrogen and oxygen atoms in total. The quantitative estimate of drug-likeness (QED) is 0.596. The summed E-state index contributed by atoms with van der Waals surface area (Å²) in [6.45, 7) is 0.267. The number of nitrogens with one attached hydrogen (secondary N) is 1. The van der Waals surface area contributed by atoms with Gasteiger partial charge in [0.2, 0.25) is 0 Å². The maximum absolute atomic E-state index is 13.0. The predicted octanol–water partition coefficient (Wildman–Crippen LogP) is 2.94. The first-order valence-corrected chi connectivity index (χ1v) is 9.12. The molecular weight excluding hydrogens is 351 g/mol. The van der Waals surface area contributed by atoms with Crippen molar-refractivity contribution in [2.24, 2.45) is 0 Å². The van der Waals surface area contributed by atoms with Crippen LogP contribution in [0.5, 0.6) is 0 Å². The van der Waals surface area contributed by atoms with Gasteiger partial charge < -0.3 is 10.1 Å². The number of methoxy groups -OCH3 is 1. The van der Waals surface area contributed by atoms with E-state index in [2.05, 4.69) is 5.32 Å². The molecule has 0 heterocycles. The van der Waals surface area contributed by atoms with Gasteiger partial charge in [0.05, 0.1) is 11.0 Å². The standard InChI is InChI=1S/C16H17FN2O5S/c1-24-15(11-3-5-12(17)6-4-11)10-18-13-7-8-14(19(20)21)16(9-13)25(2,22)23/h3-9,15,18H,10H2,1-2H3. The van der Waals surface area contributed by atoms with E-state index in [9.17, 15) is 22.9 Å². The van der Waals surface area contributed by atoms with Gasteiger partial charge in [0.25, 0.3) is 5.69 Å². The molecule has 134 valence electrons. The Labute approximate surface area is 144 Å². The average Bonchev–Trinajstić information content (AvgIpc) is 2.55. The molecule has 0 aliphatic heterocycles. The lowest BCUT2D eigenvalue weighted by Gasteiger charge is -2.17. The Bertz CT molecular complexity index is 869. The number of hydrogen-bond acceptors (Lipinski definition) is 6. The van der Waals surface area contributed by atoms with Crippen LogP contribution in [0.3, 0.4) is 0 Å². The van der Waals surface area contributed by atoms with Crippen LogP contribution in [0.15, 0.2) is 47.4 Å². The first-order chi connectivity index (χ1) is 11.7. The number of anilines is 1. The van der Waals surface area contributed by atoms with E-state index in [-0.39, 0.29) is 17.3 Å². The molecule has 0 bridgehead atoms. The zero-order valence-electron chi connectivity index (χ0n) is 13.6. The number of nitro benzene ring substituents is 1. The molecule has 25 heavy (non-hydrogen) atoms. The summed E-state index contributed by atoms with van der Waals surface area (Å²) in [6.07, 6.45) is 0.507.